The number of nitrogens with one attached hydrogen (secondary N) is 1. The molecular weight excluding hydrogens is 195 g/mol. The van der Waals surface area contributed by atoms with Crippen LogP contribution in [0.2, 0.25) is 0 Å². The fraction of sp³-hybridized carbons (Fsp3) is 0.455. The van der Waals surface area contributed by atoms with Gasteiger partial charge in [0, 0.05) is 13.2 Å². The van der Waals surface area contributed by atoms with E-state index in [0.717, 1.165) is 5.69 Å². The van der Waals surface area contributed by atoms with E-state index in [0.29, 0.717) is 17.9 Å². The molecule has 0 aliphatic carbocycles. The molecule has 1 aromatic rings. The summed E-state index contributed by atoms with van der Waals surface area (Å²) in [5, 5.41) is 3.16. The van der Waals surface area contributed by atoms with Gasteiger partial charge in [0.2, 0.25) is 0 Å². The first-order valence-electron chi connectivity index (χ1n) is 4.85. The molecule has 0 radical (unpaired) electrons. The largest absolute Gasteiger partial charge is 0.397 e. The molecule has 0 aliphatic rings. The third-order valence-electron chi connectivity index (χ3n) is 2.15. The van der Waals surface area contributed by atoms with Gasteiger partial charge >= 0.3 is 0 Å². The summed E-state index contributed by atoms with van der Waals surface area (Å²) in [6.45, 7) is 4.26. The van der Waals surface area contributed by atoms with Gasteiger partial charge in [-0.25, -0.2) is 4.39 Å². The number of nitrogen functional groups attached to an aromatic ring is 1. The highest BCUT2D eigenvalue weighted by molar-refractivity contribution is 5.67. The summed E-state index contributed by atoms with van der Waals surface area (Å²) in [5.41, 5.74) is 7.44. The Balaban J connectivity index is 2.81. The predicted octanol–water partition coefficient (Wildman–Crippen LogP) is 2.16. The van der Waals surface area contributed by atoms with E-state index in [1.165, 1.54) is 6.07 Å². The van der Waals surface area contributed by atoms with Crippen molar-refractivity contribution in [3.8, 4) is 0 Å². The average molecular weight is 212 g/mol. The molecule has 3 N–H and O–H groups in total. The minimum absolute atomic E-state index is 0.141. The van der Waals surface area contributed by atoms with Crippen molar-refractivity contribution in [3.05, 3.63) is 23.5 Å². The molecule has 0 fully saturated rings. The van der Waals surface area contributed by atoms with Gasteiger partial charge in [-0.15, -0.1) is 0 Å². The van der Waals surface area contributed by atoms with Crippen LogP contribution in [-0.4, -0.2) is 19.8 Å². The van der Waals surface area contributed by atoms with Crippen molar-refractivity contribution in [1.82, 2.24) is 0 Å². The normalized spacial score (nSPS) is 12.5. The van der Waals surface area contributed by atoms with E-state index in [1.807, 2.05) is 6.92 Å². The number of hydrogen-bond acceptors (Lipinski definition) is 3. The highest BCUT2D eigenvalue weighted by atomic mass is 19.1. The number of hydrogen-bond donors (Lipinski definition) is 2. The Morgan fingerprint density at radius 3 is 2.80 bits per heavy atom. The number of ether oxygens (including phenoxy) is 1. The summed E-state index contributed by atoms with van der Waals surface area (Å²) in [6, 6.07) is 3.18. The Morgan fingerprint density at radius 1 is 1.53 bits per heavy atom. The van der Waals surface area contributed by atoms with Crippen LogP contribution in [-0.2, 0) is 4.74 Å². The number of methoxy groups -OCH3 is 1. The maximum absolute atomic E-state index is 13.1. The average Bonchev–Trinajstić information content (AvgIpc) is 2.14. The van der Waals surface area contributed by atoms with Gasteiger partial charge in [0.1, 0.15) is 5.82 Å². The smallest absolute Gasteiger partial charge is 0.128 e. The molecule has 0 heterocycles. The van der Waals surface area contributed by atoms with Crippen molar-refractivity contribution < 1.29 is 9.13 Å². The number of halogens is 1. The first-order valence-corrected chi connectivity index (χ1v) is 4.85. The summed E-state index contributed by atoms with van der Waals surface area (Å²) in [4.78, 5) is 0. The standard InChI is InChI=1S/C11H17FN2O/c1-7-4-11(10(13)5-9(7)12)14-8(2)6-15-3/h4-5,8,14H,6,13H2,1-3H3. The van der Waals surface area contributed by atoms with Crippen LogP contribution in [0, 0.1) is 12.7 Å². The quantitative estimate of drug-likeness (QED) is 0.752. The van der Waals surface area contributed by atoms with Crippen LogP contribution in [0.25, 0.3) is 0 Å². The van der Waals surface area contributed by atoms with E-state index in [1.54, 1.807) is 20.1 Å². The topological polar surface area (TPSA) is 47.3 Å². The molecule has 0 amide bonds. The lowest BCUT2D eigenvalue weighted by atomic mass is 10.1. The number of rotatable bonds is 4. The first kappa shape index (κ1) is 11.8. The highest BCUT2D eigenvalue weighted by Gasteiger charge is 2.07. The van der Waals surface area contributed by atoms with Crippen LogP contribution < -0.4 is 11.1 Å². The van der Waals surface area contributed by atoms with Crippen molar-refractivity contribution in [2.24, 2.45) is 0 Å². The van der Waals surface area contributed by atoms with Gasteiger partial charge in [-0.05, 0) is 31.5 Å². The number of benzene rings is 1. The van der Waals surface area contributed by atoms with Crippen molar-refractivity contribution >= 4 is 11.4 Å². The fourth-order valence-corrected chi connectivity index (χ4v) is 1.38. The molecule has 0 saturated heterocycles. The first-order chi connectivity index (χ1) is 7.04. The lowest BCUT2D eigenvalue weighted by molar-refractivity contribution is 0.190. The second kappa shape index (κ2) is 4.98. The molecule has 0 aliphatic heterocycles. The van der Waals surface area contributed by atoms with Crippen molar-refractivity contribution in [3.63, 3.8) is 0 Å². The van der Waals surface area contributed by atoms with Crippen molar-refractivity contribution in [2.75, 3.05) is 24.8 Å². The molecule has 1 atom stereocenters. The molecule has 4 heteroatoms. The van der Waals surface area contributed by atoms with E-state index < -0.39 is 0 Å². The highest BCUT2D eigenvalue weighted by Crippen LogP contribution is 2.23. The second-order valence-corrected chi connectivity index (χ2v) is 3.69. The van der Waals surface area contributed by atoms with Crippen LogP contribution >= 0.6 is 0 Å². The maximum Gasteiger partial charge on any atom is 0.128 e. The second-order valence-electron chi connectivity index (χ2n) is 3.69. The monoisotopic (exact) mass is 212 g/mol. The molecule has 1 unspecified atom stereocenters. The summed E-state index contributed by atoms with van der Waals surface area (Å²) < 4.78 is 18.1. The third-order valence-corrected chi connectivity index (χ3v) is 2.15. The molecule has 1 rings (SSSR count). The van der Waals surface area contributed by atoms with Gasteiger partial charge in [-0.1, -0.05) is 0 Å². The van der Waals surface area contributed by atoms with E-state index in [9.17, 15) is 4.39 Å². The minimum Gasteiger partial charge on any atom is -0.397 e. The molecule has 0 aromatic heterocycles. The molecule has 1 aromatic carbocycles. The van der Waals surface area contributed by atoms with Crippen LogP contribution in [0.1, 0.15) is 12.5 Å². The zero-order chi connectivity index (χ0) is 11.4. The van der Waals surface area contributed by atoms with Crippen LogP contribution in [0.15, 0.2) is 12.1 Å². The summed E-state index contributed by atoms with van der Waals surface area (Å²) >= 11 is 0. The Labute approximate surface area is 89.4 Å². The number of anilines is 2. The molecule has 84 valence electrons. The fourth-order valence-electron chi connectivity index (χ4n) is 1.38. The SMILES string of the molecule is COCC(C)Nc1cc(C)c(F)cc1N. The minimum atomic E-state index is -0.280. The molecule has 15 heavy (non-hydrogen) atoms. The van der Waals surface area contributed by atoms with E-state index in [2.05, 4.69) is 5.32 Å². The maximum atomic E-state index is 13.1. The van der Waals surface area contributed by atoms with Gasteiger partial charge in [-0.3, -0.25) is 0 Å². The molecule has 0 spiro atoms. The van der Waals surface area contributed by atoms with E-state index in [4.69, 9.17) is 10.5 Å². The van der Waals surface area contributed by atoms with E-state index >= 15 is 0 Å². The lowest BCUT2D eigenvalue weighted by Crippen LogP contribution is -2.21. The van der Waals surface area contributed by atoms with Crippen molar-refractivity contribution in [2.45, 2.75) is 19.9 Å². The van der Waals surface area contributed by atoms with Gasteiger partial charge in [-0.2, -0.15) is 0 Å². The zero-order valence-corrected chi connectivity index (χ0v) is 9.30. The molecular formula is C11H17FN2O. The van der Waals surface area contributed by atoms with Crippen LogP contribution in [0.4, 0.5) is 15.8 Å². The molecule has 3 nitrogen and oxygen atoms in total. The third kappa shape index (κ3) is 3.09. The number of nitrogens with two attached hydrogens (primary N) is 1. The Kier molecular flexibility index (Phi) is 3.91. The summed E-state index contributed by atoms with van der Waals surface area (Å²) in [5.74, 6) is -0.280. The van der Waals surface area contributed by atoms with Gasteiger partial charge in [0.15, 0.2) is 0 Å². The van der Waals surface area contributed by atoms with Gasteiger partial charge < -0.3 is 15.8 Å². The Morgan fingerprint density at radius 2 is 2.20 bits per heavy atom. The van der Waals surface area contributed by atoms with E-state index in [-0.39, 0.29) is 11.9 Å². The van der Waals surface area contributed by atoms with Crippen molar-refractivity contribution in [1.29, 1.82) is 0 Å². The van der Waals surface area contributed by atoms with Gasteiger partial charge in [0.05, 0.1) is 18.0 Å². The Hall–Kier alpha value is -1.29. The summed E-state index contributed by atoms with van der Waals surface area (Å²) in [6.07, 6.45) is 0. The lowest BCUT2D eigenvalue weighted by Gasteiger charge is -2.16. The number of aryl methyl sites for hydroxylation is 1. The zero-order valence-electron chi connectivity index (χ0n) is 9.30. The van der Waals surface area contributed by atoms with Gasteiger partial charge in [0.25, 0.3) is 0 Å². The molecule has 0 saturated carbocycles. The Bertz CT molecular complexity index is 342. The van der Waals surface area contributed by atoms with Crippen LogP contribution in [0.3, 0.4) is 0 Å². The molecule has 0 bridgehead atoms. The van der Waals surface area contributed by atoms with Crippen LogP contribution in [0.5, 0.6) is 0 Å². The summed E-state index contributed by atoms with van der Waals surface area (Å²) in [7, 11) is 1.64. The predicted molar refractivity (Wildman–Crippen MR) is 60.5 cm³/mol.